The van der Waals surface area contributed by atoms with Gasteiger partial charge in [0.15, 0.2) is 0 Å². The van der Waals surface area contributed by atoms with E-state index in [4.69, 9.17) is 27.9 Å². The number of carbonyl (C=O) groups is 2. The lowest BCUT2D eigenvalue weighted by Crippen LogP contribution is -2.43. The minimum atomic E-state index is -4.62. The highest BCUT2D eigenvalue weighted by Gasteiger charge is 2.34. The zero-order chi connectivity index (χ0) is 30.8. The number of nitrogens with zero attached hydrogens (tertiary/aromatic N) is 3. The highest BCUT2D eigenvalue weighted by atomic mass is 35.5. The van der Waals surface area contributed by atoms with Crippen LogP contribution >= 0.6 is 23.2 Å². The van der Waals surface area contributed by atoms with Crippen LogP contribution in [-0.4, -0.2) is 42.4 Å². The van der Waals surface area contributed by atoms with Crippen molar-refractivity contribution >= 4 is 56.8 Å². The summed E-state index contributed by atoms with van der Waals surface area (Å²) in [5.41, 5.74) is -1.65. The molecule has 0 aliphatic carbocycles. The first-order chi connectivity index (χ1) is 18.9. The molecule has 3 rings (SSSR count). The minimum absolute atomic E-state index is 0.00569. The molecule has 0 unspecified atom stereocenters. The SMILES string of the molecule is CN(C(=O)c1ccc(NS(=O)(=O)N(Cc2cccc(Cl)c2Cl)C(=O)OC(C)(C)C)cc1)c1ccc(C(F)(F)F)nc1. The van der Waals surface area contributed by atoms with Crippen molar-refractivity contribution < 1.29 is 35.9 Å². The molecule has 0 aliphatic heterocycles. The molecule has 0 aliphatic rings. The first-order valence-electron chi connectivity index (χ1n) is 11.8. The van der Waals surface area contributed by atoms with Crippen molar-refractivity contribution in [3.8, 4) is 0 Å². The standard InChI is InChI=1S/C26H25Cl2F3N4O5S/c1-25(2,3)40-24(37)35(15-17-6-5-7-20(27)22(17)28)41(38,39)33-18-10-8-16(9-11-18)23(36)34(4)19-12-13-21(32-14-19)26(29,30)31/h5-14,33H,15H2,1-4H3. The minimum Gasteiger partial charge on any atom is -0.443 e. The Morgan fingerprint density at radius 3 is 2.17 bits per heavy atom. The van der Waals surface area contributed by atoms with Gasteiger partial charge in [0.05, 0.1) is 34.2 Å². The maximum Gasteiger partial charge on any atom is 0.433 e. The number of halogens is 5. The topological polar surface area (TPSA) is 109 Å². The summed E-state index contributed by atoms with van der Waals surface area (Å²) in [6.07, 6.45) is -4.87. The van der Waals surface area contributed by atoms with Crippen molar-refractivity contribution in [3.05, 3.63) is 87.7 Å². The number of anilines is 2. The number of carbonyl (C=O) groups excluding carboxylic acids is 2. The Labute approximate surface area is 245 Å². The molecule has 0 radical (unpaired) electrons. The molecule has 1 aromatic heterocycles. The van der Waals surface area contributed by atoms with E-state index in [9.17, 15) is 31.2 Å². The van der Waals surface area contributed by atoms with Crippen LogP contribution in [0.5, 0.6) is 0 Å². The number of aromatic nitrogens is 1. The quantitative estimate of drug-likeness (QED) is 0.308. The molecule has 0 saturated carbocycles. The molecule has 15 heteroatoms. The van der Waals surface area contributed by atoms with Crippen LogP contribution in [0.15, 0.2) is 60.8 Å². The van der Waals surface area contributed by atoms with E-state index >= 15 is 0 Å². The molecule has 3 aromatic rings. The molecule has 41 heavy (non-hydrogen) atoms. The summed E-state index contributed by atoms with van der Waals surface area (Å²) in [6, 6.07) is 11.6. The molecule has 0 atom stereocenters. The Balaban J connectivity index is 1.82. The van der Waals surface area contributed by atoms with Crippen molar-refractivity contribution in [2.75, 3.05) is 16.7 Å². The van der Waals surface area contributed by atoms with Gasteiger partial charge in [-0.05, 0) is 68.8 Å². The smallest absolute Gasteiger partial charge is 0.433 e. The first-order valence-corrected chi connectivity index (χ1v) is 14.0. The fraction of sp³-hybridized carbons (Fsp3) is 0.269. The summed E-state index contributed by atoms with van der Waals surface area (Å²) in [4.78, 5) is 30.2. The number of benzene rings is 2. The molecule has 2 amide bonds. The van der Waals surface area contributed by atoms with Crippen LogP contribution in [-0.2, 0) is 27.7 Å². The van der Waals surface area contributed by atoms with E-state index in [1.165, 1.54) is 43.4 Å². The van der Waals surface area contributed by atoms with Gasteiger partial charge in [-0.2, -0.15) is 25.9 Å². The van der Waals surface area contributed by atoms with E-state index in [0.29, 0.717) is 4.31 Å². The fourth-order valence-electron chi connectivity index (χ4n) is 3.33. The summed E-state index contributed by atoms with van der Waals surface area (Å²) in [7, 11) is -3.22. The molecule has 2 aromatic carbocycles. The molecule has 0 fully saturated rings. The van der Waals surface area contributed by atoms with Crippen molar-refractivity contribution in [3.63, 3.8) is 0 Å². The number of pyridine rings is 1. The summed E-state index contributed by atoms with van der Waals surface area (Å²) >= 11 is 12.3. The Morgan fingerprint density at radius 1 is 1.00 bits per heavy atom. The Morgan fingerprint density at radius 2 is 1.63 bits per heavy atom. The van der Waals surface area contributed by atoms with E-state index in [1.54, 1.807) is 26.8 Å². The second kappa shape index (κ2) is 12.1. The highest BCUT2D eigenvalue weighted by molar-refractivity contribution is 7.90. The van der Waals surface area contributed by atoms with Gasteiger partial charge in [0.25, 0.3) is 5.91 Å². The van der Waals surface area contributed by atoms with Crippen LogP contribution in [0.2, 0.25) is 10.0 Å². The number of hydrogen-bond acceptors (Lipinski definition) is 6. The first kappa shape index (κ1) is 32.0. The largest absolute Gasteiger partial charge is 0.443 e. The van der Waals surface area contributed by atoms with E-state index in [0.717, 1.165) is 23.2 Å². The zero-order valence-electron chi connectivity index (χ0n) is 22.2. The third kappa shape index (κ3) is 8.24. The van der Waals surface area contributed by atoms with Gasteiger partial charge in [0, 0.05) is 12.6 Å². The second-order valence-corrected chi connectivity index (χ2v) is 12.0. The summed E-state index contributed by atoms with van der Waals surface area (Å²) < 4.78 is 73.0. The van der Waals surface area contributed by atoms with Crippen LogP contribution in [0, 0.1) is 0 Å². The van der Waals surface area contributed by atoms with Gasteiger partial charge < -0.3 is 9.64 Å². The molecule has 1 heterocycles. The number of hydrogen-bond donors (Lipinski definition) is 1. The van der Waals surface area contributed by atoms with Crippen LogP contribution in [0.3, 0.4) is 0 Å². The lowest BCUT2D eigenvalue weighted by atomic mass is 10.2. The van der Waals surface area contributed by atoms with Crippen molar-refractivity contribution in [1.29, 1.82) is 0 Å². The monoisotopic (exact) mass is 632 g/mol. The van der Waals surface area contributed by atoms with Gasteiger partial charge in [0.2, 0.25) is 0 Å². The zero-order valence-corrected chi connectivity index (χ0v) is 24.5. The maximum atomic E-state index is 13.3. The fourth-order valence-corrected chi connectivity index (χ4v) is 4.80. The van der Waals surface area contributed by atoms with Crippen molar-refractivity contribution in [2.45, 2.75) is 39.1 Å². The molecule has 0 bridgehead atoms. The van der Waals surface area contributed by atoms with Crippen LogP contribution < -0.4 is 9.62 Å². The summed E-state index contributed by atoms with van der Waals surface area (Å²) in [5.74, 6) is -0.591. The van der Waals surface area contributed by atoms with Gasteiger partial charge in [-0.15, -0.1) is 0 Å². The number of amides is 2. The predicted molar refractivity (Wildman–Crippen MR) is 149 cm³/mol. The Hall–Kier alpha value is -3.55. The lowest BCUT2D eigenvalue weighted by Gasteiger charge is -2.27. The van der Waals surface area contributed by atoms with Crippen LogP contribution in [0.4, 0.5) is 29.3 Å². The molecule has 1 N–H and O–H groups in total. The van der Waals surface area contributed by atoms with Gasteiger partial charge in [-0.25, -0.2) is 9.78 Å². The van der Waals surface area contributed by atoms with Gasteiger partial charge >= 0.3 is 22.5 Å². The second-order valence-electron chi connectivity index (χ2n) is 9.65. The van der Waals surface area contributed by atoms with Gasteiger partial charge in [-0.3, -0.25) is 9.52 Å². The summed E-state index contributed by atoms with van der Waals surface area (Å²) in [6.45, 7) is 4.22. The average Bonchev–Trinajstić information content (AvgIpc) is 2.87. The maximum absolute atomic E-state index is 13.3. The molecular weight excluding hydrogens is 608 g/mol. The van der Waals surface area contributed by atoms with E-state index < -0.39 is 46.2 Å². The third-order valence-corrected chi connectivity index (χ3v) is 7.55. The molecule has 220 valence electrons. The number of rotatable bonds is 7. The lowest BCUT2D eigenvalue weighted by molar-refractivity contribution is -0.141. The molecule has 0 spiro atoms. The average molecular weight is 633 g/mol. The molecule has 9 nitrogen and oxygen atoms in total. The van der Waals surface area contributed by atoms with Crippen molar-refractivity contribution in [2.24, 2.45) is 0 Å². The predicted octanol–water partition coefficient (Wildman–Crippen LogP) is 6.78. The Kier molecular flexibility index (Phi) is 9.46. The van der Waals surface area contributed by atoms with E-state index in [1.807, 2.05) is 0 Å². The third-order valence-electron chi connectivity index (χ3n) is 5.34. The number of alkyl halides is 3. The van der Waals surface area contributed by atoms with Crippen molar-refractivity contribution in [1.82, 2.24) is 9.29 Å². The van der Waals surface area contributed by atoms with Crippen LogP contribution in [0.25, 0.3) is 0 Å². The highest BCUT2D eigenvalue weighted by Crippen LogP contribution is 2.30. The van der Waals surface area contributed by atoms with E-state index in [2.05, 4.69) is 9.71 Å². The summed E-state index contributed by atoms with van der Waals surface area (Å²) in [5, 5.41) is 0.226. The molecular formula is C26H25Cl2F3N4O5S. The van der Waals surface area contributed by atoms with Gasteiger partial charge in [-0.1, -0.05) is 35.3 Å². The normalized spacial score (nSPS) is 12.0. The van der Waals surface area contributed by atoms with Gasteiger partial charge in [0.1, 0.15) is 11.3 Å². The van der Waals surface area contributed by atoms with Crippen LogP contribution in [0.1, 0.15) is 42.4 Å². The number of ether oxygens (including phenoxy) is 1. The Bertz CT molecular complexity index is 1530. The van der Waals surface area contributed by atoms with E-state index in [-0.39, 0.29) is 32.5 Å². The molecule has 0 saturated heterocycles. The number of nitrogens with one attached hydrogen (secondary N) is 1.